The molecule has 15 heavy (non-hydrogen) atoms. The van der Waals surface area contributed by atoms with Gasteiger partial charge in [0.2, 0.25) is 0 Å². The van der Waals surface area contributed by atoms with Crippen LogP contribution in [0.15, 0.2) is 24.3 Å². The Morgan fingerprint density at radius 2 is 1.93 bits per heavy atom. The van der Waals surface area contributed by atoms with Crippen molar-refractivity contribution in [1.82, 2.24) is 0 Å². The maximum atomic E-state index is 12.1. The Morgan fingerprint density at radius 3 is 2.47 bits per heavy atom. The van der Waals surface area contributed by atoms with E-state index in [2.05, 4.69) is 20.7 Å². The minimum Gasteiger partial charge on any atom is -0.405 e. The molecule has 1 rings (SSSR count). The molecule has 1 aromatic carbocycles. The third kappa shape index (κ3) is 3.74. The molecule has 0 amide bonds. The molecule has 0 saturated heterocycles. The van der Waals surface area contributed by atoms with Gasteiger partial charge in [0.05, 0.1) is 0 Å². The van der Waals surface area contributed by atoms with E-state index in [1.165, 1.54) is 12.1 Å². The smallest absolute Gasteiger partial charge is 0.405 e. The minimum absolute atomic E-state index is 0.0245. The van der Waals surface area contributed by atoms with E-state index >= 15 is 0 Å². The lowest BCUT2D eigenvalue weighted by atomic mass is 10.0. The van der Waals surface area contributed by atoms with E-state index < -0.39 is 6.36 Å². The van der Waals surface area contributed by atoms with Crippen molar-refractivity contribution < 1.29 is 17.9 Å². The molecule has 0 saturated carbocycles. The van der Waals surface area contributed by atoms with Crippen LogP contribution in [0.3, 0.4) is 0 Å². The van der Waals surface area contributed by atoms with Crippen molar-refractivity contribution in [3.63, 3.8) is 0 Å². The lowest BCUT2D eigenvalue weighted by Gasteiger charge is -2.16. The average Bonchev–Trinajstić information content (AvgIpc) is 2.15. The normalized spacial score (nSPS) is 13.7. The number of alkyl halides is 4. The van der Waals surface area contributed by atoms with Gasteiger partial charge >= 0.3 is 6.36 Å². The monoisotopic (exact) mass is 282 g/mol. The Morgan fingerprint density at radius 1 is 1.33 bits per heavy atom. The van der Waals surface area contributed by atoms with Crippen LogP contribution in [-0.2, 0) is 0 Å². The molecule has 0 aliphatic heterocycles. The van der Waals surface area contributed by atoms with Crippen molar-refractivity contribution in [3.8, 4) is 5.75 Å². The molecule has 0 aliphatic rings. The molecule has 0 N–H and O–H groups in total. The first-order valence-electron chi connectivity index (χ1n) is 4.34. The summed E-state index contributed by atoms with van der Waals surface area (Å²) in [6.45, 7) is 1.83. The largest absolute Gasteiger partial charge is 0.573 e. The molecule has 0 spiro atoms. The van der Waals surface area contributed by atoms with Crippen LogP contribution in [0.25, 0.3) is 0 Å². The lowest BCUT2D eigenvalue weighted by molar-refractivity contribution is -0.274. The van der Waals surface area contributed by atoms with Crippen LogP contribution < -0.4 is 4.74 Å². The third-order valence-electron chi connectivity index (χ3n) is 1.91. The van der Waals surface area contributed by atoms with Gasteiger partial charge < -0.3 is 4.74 Å². The summed E-state index contributed by atoms with van der Waals surface area (Å²) >= 11 is 3.23. The zero-order valence-corrected chi connectivity index (χ0v) is 9.60. The second kappa shape index (κ2) is 4.88. The van der Waals surface area contributed by atoms with E-state index in [0.717, 1.165) is 0 Å². The highest BCUT2D eigenvalue weighted by atomic mass is 79.9. The van der Waals surface area contributed by atoms with Crippen LogP contribution in [-0.4, -0.2) is 11.7 Å². The molecular formula is C10H10BrF3O. The molecular weight excluding hydrogens is 273 g/mol. The van der Waals surface area contributed by atoms with Gasteiger partial charge in [-0.25, -0.2) is 0 Å². The van der Waals surface area contributed by atoms with Gasteiger partial charge in [-0.2, -0.15) is 0 Å². The van der Waals surface area contributed by atoms with E-state index in [0.29, 0.717) is 10.9 Å². The van der Waals surface area contributed by atoms with E-state index in [9.17, 15) is 13.2 Å². The number of ether oxygens (including phenoxy) is 1. The maximum absolute atomic E-state index is 12.1. The van der Waals surface area contributed by atoms with Crippen molar-refractivity contribution in [2.45, 2.75) is 19.2 Å². The number of halogens is 4. The Balaban J connectivity index is 2.96. The van der Waals surface area contributed by atoms with Crippen molar-refractivity contribution in [1.29, 1.82) is 0 Å². The summed E-state index contributed by atoms with van der Waals surface area (Å²) in [6, 6.07) is 6.16. The number of para-hydroxylation sites is 1. The summed E-state index contributed by atoms with van der Waals surface area (Å²) in [5.74, 6) is -0.152. The van der Waals surface area contributed by atoms with E-state index in [1.807, 2.05) is 6.92 Å². The highest BCUT2D eigenvalue weighted by Crippen LogP contribution is 2.31. The highest BCUT2D eigenvalue weighted by Gasteiger charge is 2.32. The van der Waals surface area contributed by atoms with Crippen molar-refractivity contribution >= 4 is 15.9 Å². The average molecular weight is 283 g/mol. The molecule has 5 heteroatoms. The number of benzene rings is 1. The van der Waals surface area contributed by atoms with Gasteiger partial charge in [0.1, 0.15) is 5.75 Å². The van der Waals surface area contributed by atoms with E-state index in [1.54, 1.807) is 12.1 Å². The highest BCUT2D eigenvalue weighted by molar-refractivity contribution is 9.09. The molecule has 0 fully saturated rings. The van der Waals surface area contributed by atoms with Gasteiger partial charge in [0, 0.05) is 5.33 Å². The number of hydrogen-bond donors (Lipinski definition) is 0. The van der Waals surface area contributed by atoms with Gasteiger partial charge in [-0.15, -0.1) is 13.2 Å². The van der Waals surface area contributed by atoms with Gasteiger partial charge in [0.25, 0.3) is 0 Å². The standard InChI is InChI=1S/C10H10BrF3O/c1-7(6-11)8-4-2-3-5-9(8)15-10(12,13)14/h2-5,7H,6H2,1H3. The molecule has 0 bridgehead atoms. The van der Waals surface area contributed by atoms with Gasteiger partial charge in [-0.1, -0.05) is 41.1 Å². The van der Waals surface area contributed by atoms with Crippen LogP contribution in [0.1, 0.15) is 18.4 Å². The molecule has 1 unspecified atom stereocenters. The quantitative estimate of drug-likeness (QED) is 0.759. The zero-order valence-electron chi connectivity index (χ0n) is 8.01. The topological polar surface area (TPSA) is 9.23 Å². The van der Waals surface area contributed by atoms with Gasteiger partial charge in [-0.05, 0) is 17.5 Å². The summed E-state index contributed by atoms with van der Waals surface area (Å²) in [6.07, 6.45) is -4.64. The first-order chi connectivity index (χ1) is 6.94. The minimum atomic E-state index is -4.64. The van der Waals surface area contributed by atoms with Crippen LogP contribution in [0.2, 0.25) is 0 Å². The second-order valence-corrected chi connectivity index (χ2v) is 3.79. The predicted octanol–water partition coefficient (Wildman–Crippen LogP) is 4.08. The van der Waals surface area contributed by atoms with Crippen molar-refractivity contribution in [2.24, 2.45) is 0 Å². The fraction of sp³-hybridized carbons (Fsp3) is 0.400. The van der Waals surface area contributed by atoms with Gasteiger partial charge in [-0.3, -0.25) is 0 Å². The molecule has 1 nitrogen and oxygen atoms in total. The fourth-order valence-corrected chi connectivity index (χ4v) is 1.54. The lowest BCUT2D eigenvalue weighted by Crippen LogP contribution is -2.18. The third-order valence-corrected chi connectivity index (χ3v) is 2.88. The summed E-state index contributed by atoms with van der Waals surface area (Å²) in [7, 11) is 0. The molecule has 1 atom stereocenters. The molecule has 84 valence electrons. The second-order valence-electron chi connectivity index (χ2n) is 3.14. The SMILES string of the molecule is CC(CBr)c1ccccc1OC(F)(F)F. The van der Waals surface area contributed by atoms with Crippen molar-refractivity contribution in [3.05, 3.63) is 29.8 Å². The molecule has 0 radical (unpaired) electrons. The van der Waals surface area contributed by atoms with Crippen LogP contribution in [0.5, 0.6) is 5.75 Å². The van der Waals surface area contributed by atoms with Crippen LogP contribution >= 0.6 is 15.9 Å². The summed E-state index contributed by atoms with van der Waals surface area (Å²) in [5, 5.41) is 0.589. The molecule has 1 aromatic rings. The zero-order chi connectivity index (χ0) is 11.5. The summed E-state index contributed by atoms with van der Waals surface area (Å²) < 4.78 is 40.1. The number of hydrogen-bond acceptors (Lipinski definition) is 1. The van der Waals surface area contributed by atoms with Crippen LogP contribution in [0.4, 0.5) is 13.2 Å². The molecule has 0 heterocycles. The summed E-state index contributed by atoms with van der Waals surface area (Å²) in [5.41, 5.74) is 0.548. The number of rotatable bonds is 3. The van der Waals surface area contributed by atoms with E-state index in [-0.39, 0.29) is 11.7 Å². The Labute approximate surface area is 94.4 Å². The Hall–Kier alpha value is -0.710. The predicted molar refractivity (Wildman–Crippen MR) is 55.3 cm³/mol. The molecule has 0 aliphatic carbocycles. The van der Waals surface area contributed by atoms with Crippen LogP contribution in [0, 0.1) is 0 Å². The van der Waals surface area contributed by atoms with Crippen molar-refractivity contribution in [2.75, 3.05) is 5.33 Å². The fourth-order valence-electron chi connectivity index (χ4n) is 1.19. The first kappa shape index (κ1) is 12.4. The Kier molecular flexibility index (Phi) is 4.02. The van der Waals surface area contributed by atoms with Gasteiger partial charge in [0.15, 0.2) is 0 Å². The Bertz CT molecular complexity index is 325. The summed E-state index contributed by atoms with van der Waals surface area (Å²) in [4.78, 5) is 0. The molecule has 0 aromatic heterocycles. The van der Waals surface area contributed by atoms with E-state index in [4.69, 9.17) is 0 Å². The first-order valence-corrected chi connectivity index (χ1v) is 5.47. The maximum Gasteiger partial charge on any atom is 0.573 e.